The fourth-order valence-electron chi connectivity index (χ4n) is 0.755. The Kier molecular flexibility index (Phi) is 2.87. The first-order valence-corrected chi connectivity index (χ1v) is 3.79. The van der Waals surface area contributed by atoms with Gasteiger partial charge in [0, 0.05) is 12.3 Å². The highest BCUT2D eigenvalue weighted by Crippen LogP contribution is 2.15. The Hall–Kier alpha value is -1.55. The summed E-state index contributed by atoms with van der Waals surface area (Å²) in [5.74, 6) is -1.05. The average molecular weight is 199 g/mol. The van der Waals surface area contributed by atoms with Crippen LogP contribution in [0.3, 0.4) is 0 Å². The number of aliphatic carboxylic acids is 1. The molecule has 0 aliphatic rings. The molecule has 13 heavy (non-hydrogen) atoms. The summed E-state index contributed by atoms with van der Waals surface area (Å²) < 4.78 is 0. The van der Waals surface area contributed by atoms with Crippen LogP contribution >= 0.6 is 11.6 Å². The Morgan fingerprint density at radius 3 is 2.92 bits per heavy atom. The van der Waals surface area contributed by atoms with E-state index in [0.717, 1.165) is 6.08 Å². The zero-order chi connectivity index (χ0) is 9.84. The van der Waals surface area contributed by atoms with Crippen LogP contribution in [-0.2, 0) is 4.79 Å². The van der Waals surface area contributed by atoms with Crippen LogP contribution in [0, 0.1) is 0 Å². The highest BCUT2D eigenvalue weighted by molar-refractivity contribution is 6.30. The van der Waals surface area contributed by atoms with Crippen molar-refractivity contribution in [2.45, 2.75) is 0 Å². The third kappa shape index (κ3) is 2.76. The van der Waals surface area contributed by atoms with Gasteiger partial charge in [-0.15, -0.1) is 0 Å². The summed E-state index contributed by atoms with van der Waals surface area (Å²) in [4.78, 5) is 14.0. The number of carbonyl (C=O) groups is 1. The van der Waals surface area contributed by atoms with Gasteiger partial charge >= 0.3 is 5.97 Å². The zero-order valence-electron chi connectivity index (χ0n) is 6.57. The minimum atomic E-state index is -1.05. The molecule has 0 spiro atoms. The van der Waals surface area contributed by atoms with Gasteiger partial charge in [-0.3, -0.25) is 4.98 Å². The molecule has 0 fully saturated rings. The lowest BCUT2D eigenvalue weighted by molar-refractivity contribution is -0.131. The maximum absolute atomic E-state index is 10.2. The molecular weight excluding hydrogens is 192 g/mol. The van der Waals surface area contributed by atoms with E-state index in [1.807, 2.05) is 0 Å². The second-order valence-corrected chi connectivity index (χ2v) is 2.74. The van der Waals surface area contributed by atoms with E-state index in [9.17, 15) is 4.79 Å². The Labute approximate surface area is 79.7 Å². The summed E-state index contributed by atoms with van der Waals surface area (Å²) >= 11 is 5.60. The number of carboxylic acid groups (broad SMARTS) is 1. The van der Waals surface area contributed by atoms with Gasteiger partial charge in [-0.05, 0) is 12.1 Å². The maximum atomic E-state index is 10.2. The molecule has 0 saturated heterocycles. The predicted molar refractivity (Wildman–Crippen MR) is 50.3 cm³/mol. The van der Waals surface area contributed by atoms with E-state index in [1.54, 1.807) is 0 Å². The quantitative estimate of drug-likeness (QED) is 0.705. The van der Waals surface area contributed by atoms with Crippen molar-refractivity contribution >= 4 is 29.3 Å². The van der Waals surface area contributed by atoms with Crippen molar-refractivity contribution in [3.05, 3.63) is 29.1 Å². The number of carboxylic acids is 1. The summed E-state index contributed by atoms with van der Waals surface area (Å²) in [5.41, 5.74) is 6.26. The lowest BCUT2D eigenvalue weighted by Gasteiger charge is -1.98. The maximum Gasteiger partial charge on any atom is 0.328 e. The smallest absolute Gasteiger partial charge is 0.328 e. The van der Waals surface area contributed by atoms with Gasteiger partial charge in [-0.2, -0.15) is 0 Å². The largest absolute Gasteiger partial charge is 0.478 e. The Balaban J connectivity index is 2.96. The van der Waals surface area contributed by atoms with Crippen LogP contribution in [-0.4, -0.2) is 16.1 Å². The molecule has 3 N–H and O–H groups in total. The van der Waals surface area contributed by atoms with Crippen LogP contribution in [0.1, 0.15) is 5.69 Å². The Morgan fingerprint density at radius 2 is 2.38 bits per heavy atom. The number of anilines is 1. The minimum Gasteiger partial charge on any atom is -0.478 e. The van der Waals surface area contributed by atoms with E-state index in [0.29, 0.717) is 16.4 Å². The molecule has 0 aliphatic carbocycles. The van der Waals surface area contributed by atoms with Crippen molar-refractivity contribution in [3.63, 3.8) is 0 Å². The molecule has 5 heteroatoms. The lowest BCUT2D eigenvalue weighted by atomic mass is 10.3. The van der Waals surface area contributed by atoms with Crippen molar-refractivity contribution in [1.82, 2.24) is 4.98 Å². The van der Waals surface area contributed by atoms with Gasteiger partial charge in [0.05, 0.1) is 16.4 Å². The molecule has 0 radical (unpaired) electrons. The standard InChI is InChI=1S/C8H7ClN2O2/c9-5-3-6(10)7(11-4-5)1-2-8(12)13/h1-4H,10H2,(H,12,13)/b2-1+. The van der Waals surface area contributed by atoms with Crippen molar-refractivity contribution in [3.8, 4) is 0 Å². The number of pyridine rings is 1. The summed E-state index contributed by atoms with van der Waals surface area (Å²) in [6.45, 7) is 0. The van der Waals surface area contributed by atoms with Crippen LogP contribution in [0.4, 0.5) is 5.69 Å². The van der Waals surface area contributed by atoms with Crippen molar-refractivity contribution in [2.24, 2.45) is 0 Å². The van der Waals surface area contributed by atoms with Crippen LogP contribution in [0.15, 0.2) is 18.3 Å². The van der Waals surface area contributed by atoms with E-state index < -0.39 is 5.97 Å². The van der Waals surface area contributed by atoms with Crippen LogP contribution in [0.25, 0.3) is 6.08 Å². The summed E-state index contributed by atoms with van der Waals surface area (Å²) in [6, 6.07) is 1.51. The first-order chi connectivity index (χ1) is 6.09. The normalized spacial score (nSPS) is 10.5. The van der Waals surface area contributed by atoms with E-state index in [1.165, 1.54) is 18.3 Å². The van der Waals surface area contributed by atoms with Crippen molar-refractivity contribution in [2.75, 3.05) is 5.73 Å². The minimum absolute atomic E-state index is 0.352. The van der Waals surface area contributed by atoms with E-state index in [-0.39, 0.29) is 0 Å². The molecule has 0 saturated carbocycles. The van der Waals surface area contributed by atoms with Crippen LogP contribution in [0.2, 0.25) is 5.02 Å². The molecule has 1 rings (SSSR count). The zero-order valence-corrected chi connectivity index (χ0v) is 7.32. The fraction of sp³-hybridized carbons (Fsp3) is 0. The molecule has 0 atom stereocenters. The number of nitrogens with zero attached hydrogens (tertiary/aromatic N) is 1. The molecule has 1 aromatic rings. The first-order valence-electron chi connectivity index (χ1n) is 3.41. The van der Waals surface area contributed by atoms with E-state index >= 15 is 0 Å². The third-order valence-corrected chi connectivity index (χ3v) is 1.51. The molecule has 0 amide bonds. The molecule has 0 bridgehead atoms. The molecule has 4 nitrogen and oxygen atoms in total. The number of hydrogen-bond acceptors (Lipinski definition) is 3. The molecule has 0 unspecified atom stereocenters. The summed E-state index contributed by atoms with van der Waals surface area (Å²) in [6.07, 6.45) is 3.68. The third-order valence-electron chi connectivity index (χ3n) is 1.30. The number of rotatable bonds is 2. The van der Waals surface area contributed by atoms with Gasteiger partial charge in [0.25, 0.3) is 0 Å². The van der Waals surface area contributed by atoms with Crippen molar-refractivity contribution < 1.29 is 9.90 Å². The molecular formula is C8H7ClN2O2. The van der Waals surface area contributed by atoms with E-state index in [4.69, 9.17) is 22.4 Å². The van der Waals surface area contributed by atoms with Gasteiger partial charge in [0.15, 0.2) is 0 Å². The predicted octanol–water partition coefficient (Wildman–Crippen LogP) is 1.42. The molecule has 1 aromatic heterocycles. The van der Waals surface area contributed by atoms with Gasteiger partial charge in [-0.1, -0.05) is 11.6 Å². The van der Waals surface area contributed by atoms with E-state index in [2.05, 4.69) is 4.98 Å². The van der Waals surface area contributed by atoms with Crippen molar-refractivity contribution in [1.29, 1.82) is 0 Å². The Bertz CT molecular complexity index is 363. The number of nitrogens with two attached hydrogens (primary N) is 1. The molecule has 0 aliphatic heterocycles. The lowest BCUT2D eigenvalue weighted by Crippen LogP contribution is -1.93. The second-order valence-electron chi connectivity index (χ2n) is 2.30. The first kappa shape index (κ1) is 9.54. The molecule has 1 heterocycles. The molecule has 0 aromatic carbocycles. The monoisotopic (exact) mass is 198 g/mol. The SMILES string of the molecule is Nc1cc(Cl)cnc1/C=C/C(=O)O. The van der Waals surface area contributed by atoms with Crippen LogP contribution < -0.4 is 5.73 Å². The number of nitrogen functional groups attached to an aromatic ring is 1. The topological polar surface area (TPSA) is 76.2 Å². The van der Waals surface area contributed by atoms with Crippen LogP contribution in [0.5, 0.6) is 0 Å². The van der Waals surface area contributed by atoms with Gasteiger partial charge in [0.2, 0.25) is 0 Å². The Morgan fingerprint density at radius 1 is 1.69 bits per heavy atom. The highest BCUT2D eigenvalue weighted by atomic mass is 35.5. The number of hydrogen-bond donors (Lipinski definition) is 2. The number of aromatic nitrogens is 1. The average Bonchev–Trinajstić information content (AvgIpc) is 2.02. The number of halogens is 1. The summed E-state index contributed by atoms with van der Waals surface area (Å²) in [5, 5.41) is 8.76. The summed E-state index contributed by atoms with van der Waals surface area (Å²) in [7, 11) is 0. The highest BCUT2D eigenvalue weighted by Gasteiger charge is 1.98. The van der Waals surface area contributed by atoms with Gasteiger partial charge < -0.3 is 10.8 Å². The molecule has 68 valence electrons. The second kappa shape index (κ2) is 3.91. The fourth-order valence-corrected chi connectivity index (χ4v) is 0.921. The van der Waals surface area contributed by atoms with Gasteiger partial charge in [0.1, 0.15) is 0 Å². The van der Waals surface area contributed by atoms with Gasteiger partial charge in [-0.25, -0.2) is 4.79 Å².